The molecule has 178 valence electrons. The summed E-state index contributed by atoms with van der Waals surface area (Å²) in [6.45, 7) is 4.86. The second-order valence-electron chi connectivity index (χ2n) is 8.03. The Kier molecular flexibility index (Phi) is 7.49. The van der Waals surface area contributed by atoms with E-state index in [0.717, 1.165) is 45.6 Å². The smallest absolute Gasteiger partial charge is 0.475 e. The van der Waals surface area contributed by atoms with Gasteiger partial charge in [0, 0.05) is 39.3 Å². The molecule has 3 atom stereocenters. The van der Waals surface area contributed by atoms with Gasteiger partial charge in [0.1, 0.15) is 6.10 Å². The first kappa shape index (κ1) is 24.1. The minimum absolute atomic E-state index is 0.0174. The number of hydrogen-bond acceptors (Lipinski definition) is 7. The number of piperidine rings is 1. The number of aliphatic carboxylic acids is 1. The highest BCUT2D eigenvalue weighted by atomic mass is 19.4. The Morgan fingerprint density at radius 1 is 1.12 bits per heavy atom. The standard InChI is InChI=1S/C17H24FN5O2.C2HF3O2/c1-21-4-6-22(7-5-21)16(24)14-8-12-2-3-23(11-15(12)25-14)17-19-9-13(18)10-20-17;3-2(4,5)1(6)7/h9-10,12,14-15H,2-8,11H2,1H3;(H,6,7)/t12-,14+,15-;/m0./s1. The van der Waals surface area contributed by atoms with Crippen LogP contribution in [0.25, 0.3) is 0 Å². The van der Waals surface area contributed by atoms with Crippen molar-refractivity contribution in [3.05, 3.63) is 18.2 Å². The monoisotopic (exact) mass is 463 g/mol. The van der Waals surface area contributed by atoms with Crippen molar-refractivity contribution in [1.82, 2.24) is 19.8 Å². The normalized spacial score (nSPS) is 26.2. The van der Waals surface area contributed by atoms with Crippen molar-refractivity contribution in [3.8, 4) is 0 Å². The second kappa shape index (κ2) is 9.94. The van der Waals surface area contributed by atoms with Crippen LogP contribution >= 0.6 is 0 Å². The summed E-state index contributed by atoms with van der Waals surface area (Å²) >= 11 is 0. The number of carboxylic acids is 1. The topological polar surface area (TPSA) is 99.1 Å². The van der Waals surface area contributed by atoms with Gasteiger partial charge in [0.15, 0.2) is 5.82 Å². The van der Waals surface area contributed by atoms with Crippen molar-refractivity contribution in [2.75, 3.05) is 51.2 Å². The van der Waals surface area contributed by atoms with Gasteiger partial charge in [-0.3, -0.25) is 4.79 Å². The molecule has 0 bridgehead atoms. The van der Waals surface area contributed by atoms with Crippen molar-refractivity contribution in [1.29, 1.82) is 0 Å². The molecule has 32 heavy (non-hydrogen) atoms. The number of ether oxygens (including phenoxy) is 1. The van der Waals surface area contributed by atoms with E-state index in [9.17, 15) is 22.4 Å². The number of carbonyl (C=O) groups is 2. The van der Waals surface area contributed by atoms with E-state index in [1.807, 2.05) is 9.80 Å². The van der Waals surface area contributed by atoms with Crippen molar-refractivity contribution in [2.45, 2.75) is 31.2 Å². The van der Waals surface area contributed by atoms with E-state index in [1.165, 1.54) is 12.4 Å². The van der Waals surface area contributed by atoms with Gasteiger partial charge in [0.05, 0.1) is 18.5 Å². The molecule has 1 amide bonds. The maximum Gasteiger partial charge on any atom is 0.490 e. The van der Waals surface area contributed by atoms with Crippen molar-refractivity contribution in [2.24, 2.45) is 5.92 Å². The van der Waals surface area contributed by atoms with Crippen molar-refractivity contribution in [3.63, 3.8) is 0 Å². The number of carboxylic acid groups (broad SMARTS) is 1. The Morgan fingerprint density at radius 2 is 1.72 bits per heavy atom. The van der Waals surface area contributed by atoms with Crippen molar-refractivity contribution >= 4 is 17.8 Å². The number of alkyl halides is 3. The zero-order chi connectivity index (χ0) is 23.5. The number of fused-ring (bicyclic) bond motifs is 1. The molecule has 0 unspecified atom stereocenters. The fourth-order valence-electron chi connectivity index (χ4n) is 3.97. The summed E-state index contributed by atoms with van der Waals surface area (Å²) in [5, 5.41) is 7.12. The third kappa shape index (κ3) is 6.03. The van der Waals surface area contributed by atoms with Crippen LogP contribution in [0.4, 0.5) is 23.5 Å². The maximum atomic E-state index is 13.0. The number of anilines is 1. The molecule has 0 saturated carbocycles. The first-order valence-electron chi connectivity index (χ1n) is 10.2. The van der Waals surface area contributed by atoms with E-state index < -0.39 is 18.0 Å². The predicted octanol–water partition coefficient (Wildman–Crippen LogP) is 1.01. The summed E-state index contributed by atoms with van der Waals surface area (Å²) in [6, 6.07) is 0. The number of hydrogen-bond donors (Lipinski definition) is 1. The summed E-state index contributed by atoms with van der Waals surface area (Å²) in [5.41, 5.74) is 0. The fourth-order valence-corrected chi connectivity index (χ4v) is 3.97. The molecule has 1 aromatic rings. The third-order valence-corrected chi connectivity index (χ3v) is 5.77. The molecule has 3 aliphatic rings. The molecular formula is C19H25F4N5O4. The molecule has 0 radical (unpaired) electrons. The molecular weight excluding hydrogens is 438 g/mol. The zero-order valence-electron chi connectivity index (χ0n) is 17.5. The van der Waals surface area contributed by atoms with E-state index >= 15 is 0 Å². The highest BCUT2D eigenvalue weighted by molar-refractivity contribution is 5.81. The number of halogens is 4. The average Bonchev–Trinajstić information content (AvgIpc) is 3.17. The maximum absolute atomic E-state index is 13.0. The van der Waals surface area contributed by atoms with Crippen molar-refractivity contribution < 1.29 is 37.0 Å². The first-order valence-corrected chi connectivity index (χ1v) is 10.2. The number of likely N-dealkylation sites (N-methyl/N-ethyl adjacent to an activating group) is 1. The number of rotatable bonds is 2. The lowest BCUT2D eigenvalue weighted by molar-refractivity contribution is -0.192. The van der Waals surface area contributed by atoms with Gasteiger partial charge in [-0.05, 0) is 25.8 Å². The van der Waals surface area contributed by atoms with Crippen LogP contribution in [0.2, 0.25) is 0 Å². The summed E-state index contributed by atoms with van der Waals surface area (Å²) in [4.78, 5) is 35.9. The van der Waals surface area contributed by atoms with E-state index in [0.29, 0.717) is 18.4 Å². The quantitative estimate of drug-likeness (QED) is 0.649. The van der Waals surface area contributed by atoms with Gasteiger partial charge in [-0.15, -0.1) is 0 Å². The molecule has 0 spiro atoms. The van der Waals surface area contributed by atoms with Crippen LogP contribution in [0.5, 0.6) is 0 Å². The van der Waals surface area contributed by atoms with Gasteiger partial charge in [-0.2, -0.15) is 13.2 Å². The lowest BCUT2D eigenvalue weighted by Crippen LogP contribution is -2.50. The van der Waals surface area contributed by atoms with Gasteiger partial charge < -0.3 is 24.5 Å². The van der Waals surface area contributed by atoms with E-state index in [-0.39, 0.29) is 18.1 Å². The van der Waals surface area contributed by atoms with Crippen LogP contribution in [0.15, 0.2) is 12.4 Å². The summed E-state index contributed by atoms with van der Waals surface area (Å²) in [7, 11) is 2.08. The molecule has 4 rings (SSSR count). The molecule has 1 aromatic heterocycles. The second-order valence-corrected chi connectivity index (χ2v) is 8.03. The summed E-state index contributed by atoms with van der Waals surface area (Å²) in [5.74, 6) is -2.14. The largest absolute Gasteiger partial charge is 0.490 e. The van der Waals surface area contributed by atoms with E-state index in [2.05, 4.69) is 21.9 Å². The van der Waals surface area contributed by atoms with E-state index in [1.54, 1.807) is 0 Å². The Morgan fingerprint density at radius 3 is 2.28 bits per heavy atom. The molecule has 3 fully saturated rings. The molecule has 13 heteroatoms. The van der Waals surface area contributed by atoms with Gasteiger partial charge in [-0.1, -0.05) is 0 Å². The minimum Gasteiger partial charge on any atom is -0.475 e. The summed E-state index contributed by atoms with van der Waals surface area (Å²) in [6.07, 6.45) is -1.28. The van der Waals surface area contributed by atoms with Crippen LogP contribution in [0, 0.1) is 11.7 Å². The number of piperazine rings is 1. The van der Waals surface area contributed by atoms with Gasteiger partial charge in [-0.25, -0.2) is 19.2 Å². The Labute approximate surface area is 182 Å². The molecule has 0 aromatic carbocycles. The number of carbonyl (C=O) groups excluding carboxylic acids is 1. The Bertz CT molecular complexity index is 802. The highest BCUT2D eigenvalue weighted by Crippen LogP contribution is 2.35. The minimum atomic E-state index is -5.08. The summed E-state index contributed by atoms with van der Waals surface area (Å²) < 4.78 is 50.8. The molecule has 4 heterocycles. The zero-order valence-corrected chi connectivity index (χ0v) is 17.5. The predicted molar refractivity (Wildman–Crippen MR) is 103 cm³/mol. The molecule has 0 aliphatic carbocycles. The van der Waals surface area contributed by atoms with Crippen LogP contribution in [-0.4, -0.2) is 101 Å². The van der Waals surface area contributed by atoms with Crippen LogP contribution < -0.4 is 4.90 Å². The van der Waals surface area contributed by atoms with E-state index in [4.69, 9.17) is 14.6 Å². The lowest BCUT2D eigenvalue weighted by Gasteiger charge is -2.34. The Hall–Kier alpha value is -2.54. The SMILES string of the molecule is CN1CCN(C(=O)[C@H]2C[C@@H]3CCN(c4ncc(F)cn4)C[C@@H]3O2)CC1.O=C(O)C(F)(F)F. The van der Waals surface area contributed by atoms with Gasteiger partial charge >= 0.3 is 12.1 Å². The van der Waals surface area contributed by atoms with Gasteiger partial charge in [0.25, 0.3) is 5.91 Å². The highest BCUT2D eigenvalue weighted by Gasteiger charge is 2.43. The van der Waals surface area contributed by atoms with Crippen LogP contribution in [-0.2, 0) is 14.3 Å². The Balaban J connectivity index is 0.000000360. The third-order valence-electron chi connectivity index (χ3n) is 5.77. The average molecular weight is 463 g/mol. The molecule has 1 N–H and O–H groups in total. The van der Waals surface area contributed by atoms with Crippen LogP contribution in [0.3, 0.4) is 0 Å². The number of amides is 1. The molecule has 3 aliphatic heterocycles. The molecule has 3 saturated heterocycles. The fraction of sp³-hybridized carbons (Fsp3) is 0.684. The van der Waals surface area contributed by atoms with Gasteiger partial charge in [0.2, 0.25) is 5.95 Å². The first-order chi connectivity index (χ1) is 15.0. The molecule has 9 nitrogen and oxygen atoms in total. The number of nitrogens with zero attached hydrogens (tertiary/aromatic N) is 5. The number of aromatic nitrogens is 2. The lowest BCUT2D eigenvalue weighted by atomic mass is 9.91. The van der Waals surface area contributed by atoms with Crippen LogP contribution in [0.1, 0.15) is 12.8 Å².